The quantitative estimate of drug-likeness (QED) is 0.786. The van der Waals surface area contributed by atoms with Crippen LogP contribution in [0.25, 0.3) is 6.08 Å². The molecule has 0 spiro atoms. The molecule has 0 saturated carbocycles. The monoisotopic (exact) mass is 390 g/mol. The van der Waals surface area contributed by atoms with Crippen LogP contribution < -0.4 is 10.5 Å². The van der Waals surface area contributed by atoms with E-state index >= 15 is 0 Å². The van der Waals surface area contributed by atoms with Gasteiger partial charge in [-0.2, -0.15) is 4.99 Å². The molecule has 1 amide bonds. The lowest BCUT2D eigenvalue weighted by molar-refractivity contribution is -0.113. The summed E-state index contributed by atoms with van der Waals surface area (Å²) in [6.07, 6.45) is 1.74. The molecule has 4 nitrogen and oxygen atoms in total. The van der Waals surface area contributed by atoms with Crippen molar-refractivity contribution in [3.05, 3.63) is 31.5 Å². The zero-order valence-corrected chi connectivity index (χ0v) is 13.2. The van der Waals surface area contributed by atoms with Gasteiger partial charge in [-0.3, -0.25) is 4.79 Å². The van der Waals surface area contributed by atoms with E-state index in [2.05, 4.69) is 36.9 Å². The normalized spacial score (nSPS) is 17.2. The van der Waals surface area contributed by atoms with Crippen molar-refractivity contribution in [1.82, 2.24) is 0 Å². The van der Waals surface area contributed by atoms with Crippen LogP contribution in [0, 0.1) is 0 Å². The number of carbonyl (C=O) groups excluding carboxylic acids is 1. The van der Waals surface area contributed by atoms with Crippen LogP contribution in [0.4, 0.5) is 0 Å². The van der Waals surface area contributed by atoms with Gasteiger partial charge in [0, 0.05) is 0 Å². The van der Waals surface area contributed by atoms with E-state index < -0.39 is 0 Å². The van der Waals surface area contributed by atoms with Crippen molar-refractivity contribution in [3.63, 3.8) is 0 Å². The summed E-state index contributed by atoms with van der Waals surface area (Å²) in [7, 11) is 1.59. The summed E-state index contributed by atoms with van der Waals surface area (Å²) in [6.45, 7) is 0. The molecule has 1 aliphatic rings. The number of methoxy groups -OCH3 is 1. The number of benzene rings is 1. The summed E-state index contributed by atoms with van der Waals surface area (Å²) < 4.78 is 6.81. The van der Waals surface area contributed by atoms with Gasteiger partial charge in [-0.05, 0) is 67.4 Å². The predicted molar refractivity (Wildman–Crippen MR) is 80.6 cm³/mol. The number of hydrogen-bond donors (Lipinski definition) is 1. The van der Waals surface area contributed by atoms with E-state index in [0.717, 1.165) is 14.5 Å². The molecule has 1 aliphatic heterocycles. The smallest absolute Gasteiger partial charge is 0.286 e. The number of hydrogen-bond acceptors (Lipinski definition) is 4. The number of carbonyl (C=O) groups is 1. The van der Waals surface area contributed by atoms with E-state index in [-0.39, 0.29) is 11.1 Å². The second-order valence-electron chi connectivity index (χ2n) is 3.38. The molecule has 1 aromatic carbocycles. The van der Waals surface area contributed by atoms with Gasteiger partial charge in [0.25, 0.3) is 5.91 Å². The third kappa shape index (κ3) is 2.78. The molecule has 2 N–H and O–H groups in total. The molecule has 18 heavy (non-hydrogen) atoms. The van der Waals surface area contributed by atoms with Crippen molar-refractivity contribution in [1.29, 1.82) is 0 Å². The van der Waals surface area contributed by atoms with Crippen LogP contribution in [0.1, 0.15) is 5.56 Å². The molecule has 7 heteroatoms. The number of ether oxygens (including phenoxy) is 1. The van der Waals surface area contributed by atoms with Gasteiger partial charge in [-0.15, -0.1) is 0 Å². The third-order valence-electron chi connectivity index (χ3n) is 2.16. The maximum Gasteiger partial charge on any atom is 0.286 e. The molecule has 94 valence electrons. The van der Waals surface area contributed by atoms with E-state index in [9.17, 15) is 4.79 Å². The predicted octanol–water partition coefficient (Wildman–Crippen LogP) is 3.15. The molecule has 0 fully saturated rings. The van der Waals surface area contributed by atoms with Crippen LogP contribution in [-0.4, -0.2) is 18.2 Å². The standard InChI is InChI=1S/C11H8Br2N2O2S/c1-17-9-6(12)2-5(3-7(9)13)4-8-10(16)15-11(14)18-8/h2-4H,1H3,(H2,14,15,16)/b8-4+. The van der Waals surface area contributed by atoms with E-state index in [0.29, 0.717) is 10.7 Å². The summed E-state index contributed by atoms with van der Waals surface area (Å²) in [5.74, 6) is 0.402. The molecular formula is C11H8Br2N2O2S. The van der Waals surface area contributed by atoms with Crippen molar-refractivity contribution in [2.24, 2.45) is 10.7 Å². The largest absolute Gasteiger partial charge is 0.494 e. The Hall–Kier alpha value is -0.790. The Kier molecular flexibility index (Phi) is 4.14. The Bertz CT molecular complexity index is 561. The Labute approximate surface area is 125 Å². The molecule has 2 rings (SSSR count). The molecule has 0 atom stereocenters. The fourth-order valence-electron chi connectivity index (χ4n) is 1.43. The highest BCUT2D eigenvalue weighted by Crippen LogP contribution is 2.36. The summed E-state index contributed by atoms with van der Waals surface area (Å²) >= 11 is 7.98. The number of amides is 1. The van der Waals surface area contributed by atoms with E-state index in [1.54, 1.807) is 13.2 Å². The fourth-order valence-corrected chi connectivity index (χ4v) is 3.66. The van der Waals surface area contributed by atoms with Crippen LogP contribution in [0.15, 0.2) is 31.0 Å². The van der Waals surface area contributed by atoms with E-state index in [1.165, 1.54) is 11.8 Å². The van der Waals surface area contributed by atoms with Gasteiger partial charge in [0.2, 0.25) is 0 Å². The zero-order valence-electron chi connectivity index (χ0n) is 9.24. The van der Waals surface area contributed by atoms with Crippen LogP contribution in [0.2, 0.25) is 0 Å². The third-order valence-corrected chi connectivity index (χ3v) is 4.15. The van der Waals surface area contributed by atoms with E-state index in [1.807, 2.05) is 12.1 Å². The molecule has 0 bridgehead atoms. The highest BCUT2D eigenvalue weighted by atomic mass is 79.9. The summed E-state index contributed by atoms with van der Waals surface area (Å²) in [6, 6.07) is 3.72. The number of thioether (sulfide) groups is 1. The highest BCUT2D eigenvalue weighted by molar-refractivity contribution is 9.11. The Morgan fingerprint density at radius 2 is 2.00 bits per heavy atom. The van der Waals surface area contributed by atoms with E-state index in [4.69, 9.17) is 10.5 Å². The lowest BCUT2D eigenvalue weighted by atomic mass is 10.2. The summed E-state index contributed by atoms with van der Waals surface area (Å²) in [5, 5.41) is 0.276. The van der Waals surface area contributed by atoms with Crippen LogP contribution in [0.3, 0.4) is 0 Å². The van der Waals surface area contributed by atoms with Crippen LogP contribution in [0.5, 0.6) is 5.75 Å². The maximum absolute atomic E-state index is 11.5. The molecule has 1 aromatic rings. The van der Waals surface area contributed by atoms with Crippen molar-refractivity contribution in [2.75, 3.05) is 7.11 Å². The average Bonchev–Trinajstić information content (AvgIpc) is 2.57. The van der Waals surface area contributed by atoms with Gasteiger partial charge < -0.3 is 10.5 Å². The van der Waals surface area contributed by atoms with Crippen LogP contribution >= 0.6 is 43.6 Å². The molecule has 0 radical (unpaired) electrons. The summed E-state index contributed by atoms with van der Waals surface area (Å²) in [4.78, 5) is 15.6. The number of amidine groups is 1. The first-order valence-corrected chi connectivity index (χ1v) is 7.22. The zero-order chi connectivity index (χ0) is 13.3. The second-order valence-corrected chi connectivity index (χ2v) is 6.15. The van der Waals surface area contributed by atoms with Gasteiger partial charge in [-0.25, -0.2) is 0 Å². The molecule has 1 heterocycles. The molecule has 0 saturated heterocycles. The minimum atomic E-state index is -0.305. The van der Waals surface area contributed by atoms with Gasteiger partial charge in [-0.1, -0.05) is 0 Å². The average molecular weight is 392 g/mol. The lowest BCUT2D eigenvalue weighted by Crippen LogP contribution is -2.01. The Morgan fingerprint density at radius 3 is 2.44 bits per heavy atom. The van der Waals surface area contributed by atoms with Gasteiger partial charge in [0.05, 0.1) is 21.0 Å². The first-order chi connectivity index (χ1) is 8.51. The van der Waals surface area contributed by atoms with Crippen molar-refractivity contribution >= 4 is 60.8 Å². The number of aliphatic imine (C=N–C) groups is 1. The Morgan fingerprint density at radius 1 is 1.39 bits per heavy atom. The van der Waals surface area contributed by atoms with Crippen LogP contribution in [-0.2, 0) is 4.79 Å². The topological polar surface area (TPSA) is 64.7 Å². The molecule has 0 aromatic heterocycles. The number of halogens is 2. The molecular weight excluding hydrogens is 384 g/mol. The first kappa shape index (κ1) is 13.6. The first-order valence-electron chi connectivity index (χ1n) is 4.82. The second kappa shape index (κ2) is 5.46. The fraction of sp³-hybridized carbons (Fsp3) is 0.0909. The lowest BCUT2D eigenvalue weighted by Gasteiger charge is -2.07. The molecule has 0 aliphatic carbocycles. The van der Waals surface area contributed by atoms with Gasteiger partial charge in [0.1, 0.15) is 5.75 Å². The number of nitrogens with zero attached hydrogens (tertiary/aromatic N) is 1. The number of nitrogens with two attached hydrogens (primary N) is 1. The summed E-state index contributed by atoms with van der Waals surface area (Å²) in [5.41, 5.74) is 6.34. The SMILES string of the molecule is COc1c(Br)cc(/C=C2/SC(N)=NC2=O)cc1Br. The highest BCUT2D eigenvalue weighted by Gasteiger charge is 2.19. The van der Waals surface area contributed by atoms with Crippen molar-refractivity contribution < 1.29 is 9.53 Å². The van der Waals surface area contributed by atoms with Gasteiger partial charge >= 0.3 is 0 Å². The minimum absolute atomic E-state index is 0.276. The number of rotatable bonds is 2. The van der Waals surface area contributed by atoms with Crippen molar-refractivity contribution in [2.45, 2.75) is 0 Å². The van der Waals surface area contributed by atoms with Gasteiger partial charge in [0.15, 0.2) is 5.17 Å². The molecule has 0 unspecified atom stereocenters. The maximum atomic E-state index is 11.5. The van der Waals surface area contributed by atoms with Crippen molar-refractivity contribution in [3.8, 4) is 5.75 Å². The minimum Gasteiger partial charge on any atom is -0.494 e. The Balaban J connectivity index is 2.37.